The minimum absolute atomic E-state index is 0.0327. The molecule has 2 rings (SSSR count). The van der Waals surface area contributed by atoms with Gasteiger partial charge in [-0.15, -0.1) is 0 Å². The average Bonchev–Trinajstić information content (AvgIpc) is 2.66. The largest absolute Gasteiger partial charge is 0.386 e. The topological polar surface area (TPSA) is 90.9 Å². The second-order valence-electron chi connectivity index (χ2n) is 5.99. The molecule has 2 aromatic rings. The fraction of sp³-hybridized carbons (Fsp3) is 0.238. The molecule has 0 atom stereocenters. The van der Waals surface area contributed by atoms with Crippen LogP contribution in [0.3, 0.4) is 0 Å². The standard InChI is InChI=1S/C21H24N4O/c1-3-18-9-4-6-15(2)20(18)25-21(26)19(12-23)14-24-13-17-8-5-7-16(10-17)11-22/h4-10,14,24H,3,11,13,22H2,1-2H3,(H,25,26)/b19-14-. The summed E-state index contributed by atoms with van der Waals surface area (Å²) < 4.78 is 0. The van der Waals surface area contributed by atoms with Crippen molar-refractivity contribution in [1.82, 2.24) is 5.32 Å². The summed E-state index contributed by atoms with van der Waals surface area (Å²) in [5.41, 5.74) is 10.5. The molecule has 0 radical (unpaired) electrons. The third-order valence-corrected chi connectivity index (χ3v) is 4.12. The summed E-state index contributed by atoms with van der Waals surface area (Å²) >= 11 is 0. The van der Waals surface area contributed by atoms with E-state index in [1.807, 2.05) is 62.4 Å². The van der Waals surface area contributed by atoms with Crippen LogP contribution < -0.4 is 16.4 Å². The second kappa shape index (κ2) is 9.40. The highest BCUT2D eigenvalue weighted by Crippen LogP contribution is 2.21. The number of amides is 1. The molecule has 26 heavy (non-hydrogen) atoms. The normalized spacial score (nSPS) is 10.9. The molecule has 134 valence electrons. The van der Waals surface area contributed by atoms with E-state index >= 15 is 0 Å². The number of hydrogen-bond donors (Lipinski definition) is 3. The molecule has 5 nitrogen and oxygen atoms in total. The van der Waals surface area contributed by atoms with Crippen molar-refractivity contribution in [2.24, 2.45) is 5.73 Å². The van der Waals surface area contributed by atoms with Crippen molar-refractivity contribution in [1.29, 1.82) is 5.26 Å². The van der Waals surface area contributed by atoms with Crippen LogP contribution in [0.4, 0.5) is 5.69 Å². The number of nitrogens with zero attached hydrogens (tertiary/aromatic N) is 1. The quantitative estimate of drug-likeness (QED) is 0.529. The number of carbonyl (C=O) groups is 1. The van der Waals surface area contributed by atoms with Crippen molar-refractivity contribution >= 4 is 11.6 Å². The summed E-state index contributed by atoms with van der Waals surface area (Å²) in [4.78, 5) is 12.4. The van der Waals surface area contributed by atoms with Gasteiger partial charge in [-0.25, -0.2) is 0 Å². The van der Waals surface area contributed by atoms with E-state index in [0.29, 0.717) is 13.1 Å². The zero-order chi connectivity index (χ0) is 18.9. The molecular formula is C21H24N4O. The third-order valence-electron chi connectivity index (χ3n) is 4.12. The maximum atomic E-state index is 12.4. The number of benzene rings is 2. The van der Waals surface area contributed by atoms with Crippen LogP contribution in [-0.4, -0.2) is 5.91 Å². The number of rotatable bonds is 7. The SMILES string of the molecule is CCc1cccc(C)c1NC(=O)/C(C#N)=C\NCc1cccc(CN)c1. The van der Waals surface area contributed by atoms with Gasteiger partial charge in [-0.2, -0.15) is 5.26 Å². The van der Waals surface area contributed by atoms with E-state index in [2.05, 4.69) is 10.6 Å². The summed E-state index contributed by atoms with van der Waals surface area (Å²) in [6.45, 7) is 4.96. The molecule has 0 aromatic heterocycles. The third kappa shape index (κ3) is 4.95. The van der Waals surface area contributed by atoms with Crippen molar-refractivity contribution in [2.75, 3.05) is 5.32 Å². The predicted molar refractivity (Wildman–Crippen MR) is 104 cm³/mol. The zero-order valence-corrected chi connectivity index (χ0v) is 15.2. The lowest BCUT2D eigenvalue weighted by atomic mass is 10.1. The maximum absolute atomic E-state index is 12.4. The van der Waals surface area contributed by atoms with Gasteiger partial charge in [-0.3, -0.25) is 4.79 Å². The highest BCUT2D eigenvalue weighted by atomic mass is 16.1. The lowest BCUT2D eigenvalue weighted by Crippen LogP contribution is -2.18. The van der Waals surface area contributed by atoms with Gasteiger partial charge >= 0.3 is 0 Å². The molecular weight excluding hydrogens is 324 g/mol. The molecule has 0 aliphatic heterocycles. The van der Waals surface area contributed by atoms with Crippen molar-refractivity contribution in [3.8, 4) is 6.07 Å². The van der Waals surface area contributed by atoms with Crippen LogP contribution in [0.15, 0.2) is 54.2 Å². The van der Waals surface area contributed by atoms with Gasteiger partial charge in [0.05, 0.1) is 0 Å². The average molecular weight is 348 g/mol. The Morgan fingerprint density at radius 2 is 1.96 bits per heavy atom. The van der Waals surface area contributed by atoms with E-state index in [0.717, 1.165) is 34.4 Å². The van der Waals surface area contributed by atoms with Crippen molar-refractivity contribution in [2.45, 2.75) is 33.4 Å². The predicted octanol–water partition coefficient (Wildman–Crippen LogP) is 3.15. The molecule has 0 aliphatic rings. The van der Waals surface area contributed by atoms with Crippen LogP contribution in [0, 0.1) is 18.3 Å². The summed E-state index contributed by atoms with van der Waals surface area (Å²) in [6.07, 6.45) is 2.26. The molecule has 0 bridgehead atoms. The Labute approximate surface area is 154 Å². The second-order valence-corrected chi connectivity index (χ2v) is 5.99. The van der Waals surface area contributed by atoms with Crippen LogP contribution in [0.2, 0.25) is 0 Å². The lowest BCUT2D eigenvalue weighted by molar-refractivity contribution is -0.112. The molecule has 0 saturated heterocycles. The monoisotopic (exact) mass is 348 g/mol. The van der Waals surface area contributed by atoms with Gasteiger partial charge in [0.2, 0.25) is 0 Å². The van der Waals surface area contributed by atoms with Gasteiger partial charge in [-0.1, -0.05) is 49.4 Å². The number of nitrogens with one attached hydrogen (secondary N) is 2. The van der Waals surface area contributed by atoms with Crippen LogP contribution in [0.5, 0.6) is 0 Å². The van der Waals surface area contributed by atoms with Gasteiger partial charge < -0.3 is 16.4 Å². The molecule has 5 heteroatoms. The van der Waals surface area contributed by atoms with E-state index in [9.17, 15) is 10.1 Å². The molecule has 0 spiro atoms. The first-order valence-corrected chi connectivity index (χ1v) is 8.60. The fourth-order valence-electron chi connectivity index (χ4n) is 2.67. The van der Waals surface area contributed by atoms with E-state index in [1.54, 1.807) is 0 Å². The molecule has 0 aliphatic carbocycles. The van der Waals surface area contributed by atoms with Gasteiger partial charge in [-0.05, 0) is 35.6 Å². The summed E-state index contributed by atoms with van der Waals surface area (Å²) in [7, 11) is 0. The number of para-hydroxylation sites is 1. The smallest absolute Gasteiger partial charge is 0.267 e. The minimum atomic E-state index is -0.417. The highest BCUT2D eigenvalue weighted by Gasteiger charge is 2.12. The maximum Gasteiger partial charge on any atom is 0.267 e. The summed E-state index contributed by atoms with van der Waals surface area (Å²) in [6, 6.07) is 15.7. The van der Waals surface area contributed by atoms with Gasteiger partial charge in [0.15, 0.2) is 0 Å². The van der Waals surface area contributed by atoms with Gasteiger partial charge in [0.1, 0.15) is 11.6 Å². The van der Waals surface area contributed by atoms with Crippen LogP contribution in [0.25, 0.3) is 0 Å². The Balaban J connectivity index is 2.06. The number of hydrogen-bond acceptors (Lipinski definition) is 4. The van der Waals surface area contributed by atoms with Crippen LogP contribution in [0.1, 0.15) is 29.2 Å². The highest BCUT2D eigenvalue weighted by molar-refractivity contribution is 6.07. The van der Waals surface area contributed by atoms with Crippen molar-refractivity contribution in [3.05, 3.63) is 76.5 Å². The Hall–Kier alpha value is -3.10. The first-order chi connectivity index (χ1) is 12.6. The van der Waals surface area contributed by atoms with E-state index in [-0.39, 0.29) is 5.57 Å². The van der Waals surface area contributed by atoms with Crippen LogP contribution in [-0.2, 0) is 24.3 Å². The van der Waals surface area contributed by atoms with Gasteiger partial charge in [0.25, 0.3) is 5.91 Å². The molecule has 0 unspecified atom stereocenters. The molecule has 4 N–H and O–H groups in total. The molecule has 1 amide bonds. The Bertz CT molecular complexity index is 849. The van der Waals surface area contributed by atoms with Gasteiger partial charge in [0, 0.05) is 25.0 Å². The van der Waals surface area contributed by atoms with Crippen molar-refractivity contribution in [3.63, 3.8) is 0 Å². The number of nitriles is 1. The lowest BCUT2D eigenvalue weighted by Gasteiger charge is -2.12. The fourth-order valence-corrected chi connectivity index (χ4v) is 2.67. The number of aryl methyl sites for hydroxylation is 2. The van der Waals surface area contributed by atoms with Crippen LogP contribution >= 0.6 is 0 Å². The first-order valence-electron chi connectivity index (χ1n) is 8.60. The van der Waals surface area contributed by atoms with Crippen molar-refractivity contribution < 1.29 is 4.79 Å². The molecule has 0 saturated carbocycles. The Morgan fingerprint density at radius 1 is 1.23 bits per heavy atom. The molecule has 2 aromatic carbocycles. The van der Waals surface area contributed by atoms with E-state index in [4.69, 9.17) is 5.73 Å². The number of nitrogens with two attached hydrogens (primary N) is 1. The molecule has 0 heterocycles. The number of carbonyl (C=O) groups excluding carboxylic acids is 1. The summed E-state index contributed by atoms with van der Waals surface area (Å²) in [5.74, 6) is -0.417. The minimum Gasteiger partial charge on any atom is -0.386 e. The van der Waals surface area contributed by atoms with E-state index in [1.165, 1.54) is 6.20 Å². The summed E-state index contributed by atoms with van der Waals surface area (Å²) in [5, 5.41) is 15.2. The Kier molecular flexibility index (Phi) is 6.95. The Morgan fingerprint density at radius 3 is 2.65 bits per heavy atom. The van der Waals surface area contributed by atoms with E-state index < -0.39 is 5.91 Å². The first kappa shape index (κ1) is 19.2. The zero-order valence-electron chi connectivity index (χ0n) is 15.2. The number of anilines is 1. The molecule has 0 fully saturated rings.